The first-order valence-electron chi connectivity index (χ1n) is 9.36. The lowest BCUT2D eigenvalue weighted by molar-refractivity contribution is -0.123. The lowest BCUT2D eigenvalue weighted by Gasteiger charge is -2.39. The van der Waals surface area contributed by atoms with Gasteiger partial charge in [-0.05, 0) is 56.5 Å². The molecule has 4 nitrogen and oxygen atoms in total. The summed E-state index contributed by atoms with van der Waals surface area (Å²) in [5.41, 5.74) is 2.84. The number of nitrogens with one attached hydrogen (secondary N) is 1. The van der Waals surface area contributed by atoms with Crippen LogP contribution in [0.25, 0.3) is 0 Å². The standard InChI is InChI=1S/C22H28N2O2/c1-16-12-13-20(26-3)19(15-16)23-22(25)21(18-10-5-4-6-11-18)24-14-8-7-9-17(24)2/h4-6,10-13,15,17,21H,7-9,14H2,1-3H3,(H,23,25). The Morgan fingerprint density at radius 2 is 1.96 bits per heavy atom. The van der Waals surface area contributed by atoms with Crippen molar-refractivity contribution in [1.82, 2.24) is 4.90 Å². The van der Waals surface area contributed by atoms with Crippen LogP contribution in [0.2, 0.25) is 0 Å². The fourth-order valence-electron chi connectivity index (χ4n) is 3.75. The second-order valence-electron chi connectivity index (χ2n) is 7.09. The van der Waals surface area contributed by atoms with Gasteiger partial charge >= 0.3 is 0 Å². The molecule has 1 saturated heterocycles. The van der Waals surface area contributed by atoms with Gasteiger partial charge in [0, 0.05) is 6.04 Å². The Morgan fingerprint density at radius 1 is 1.19 bits per heavy atom. The third kappa shape index (κ3) is 4.07. The monoisotopic (exact) mass is 352 g/mol. The first-order chi connectivity index (χ1) is 12.6. The van der Waals surface area contributed by atoms with Gasteiger partial charge in [0.05, 0.1) is 12.8 Å². The lowest BCUT2D eigenvalue weighted by atomic mass is 9.96. The Balaban J connectivity index is 1.91. The van der Waals surface area contributed by atoms with E-state index in [4.69, 9.17) is 4.74 Å². The van der Waals surface area contributed by atoms with Crippen LogP contribution in [0.15, 0.2) is 48.5 Å². The van der Waals surface area contributed by atoms with Crippen molar-refractivity contribution >= 4 is 11.6 Å². The van der Waals surface area contributed by atoms with Gasteiger partial charge in [0.15, 0.2) is 0 Å². The second-order valence-corrected chi connectivity index (χ2v) is 7.09. The average Bonchev–Trinajstić information content (AvgIpc) is 2.65. The number of hydrogen-bond acceptors (Lipinski definition) is 3. The van der Waals surface area contributed by atoms with E-state index in [9.17, 15) is 4.79 Å². The van der Waals surface area contributed by atoms with Crippen LogP contribution >= 0.6 is 0 Å². The van der Waals surface area contributed by atoms with E-state index in [1.165, 1.54) is 6.42 Å². The number of hydrogen-bond donors (Lipinski definition) is 1. The zero-order valence-corrected chi connectivity index (χ0v) is 15.9. The summed E-state index contributed by atoms with van der Waals surface area (Å²) in [6, 6.07) is 16.0. The Hall–Kier alpha value is -2.33. The number of rotatable bonds is 5. The summed E-state index contributed by atoms with van der Waals surface area (Å²) in [6.45, 7) is 5.17. The molecule has 2 unspecified atom stereocenters. The van der Waals surface area contributed by atoms with E-state index >= 15 is 0 Å². The first-order valence-corrected chi connectivity index (χ1v) is 9.36. The molecule has 1 aliphatic heterocycles. The van der Waals surface area contributed by atoms with Crippen molar-refractivity contribution in [3.05, 3.63) is 59.7 Å². The van der Waals surface area contributed by atoms with Crippen molar-refractivity contribution in [3.8, 4) is 5.75 Å². The number of anilines is 1. The van der Waals surface area contributed by atoms with Gasteiger partial charge in [-0.25, -0.2) is 0 Å². The van der Waals surface area contributed by atoms with Crippen molar-refractivity contribution in [2.24, 2.45) is 0 Å². The highest BCUT2D eigenvalue weighted by molar-refractivity contribution is 5.96. The van der Waals surface area contributed by atoms with Gasteiger partial charge in [-0.2, -0.15) is 0 Å². The number of carbonyl (C=O) groups is 1. The molecule has 26 heavy (non-hydrogen) atoms. The minimum absolute atomic E-state index is 0.00569. The van der Waals surface area contributed by atoms with Gasteiger partial charge in [-0.3, -0.25) is 9.69 Å². The molecule has 0 spiro atoms. The number of aryl methyl sites for hydroxylation is 1. The minimum Gasteiger partial charge on any atom is -0.495 e. The predicted molar refractivity (Wildman–Crippen MR) is 106 cm³/mol. The molecule has 2 aromatic carbocycles. The zero-order chi connectivity index (χ0) is 18.5. The smallest absolute Gasteiger partial charge is 0.246 e. The molecule has 0 aromatic heterocycles. The lowest BCUT2D eigenvalue weighted by Crippen LogP contribution is -2.45. The summed E-state index contributed by atoms with van der Waals surface area (Å²) >= 11 is 0. The normalized spacial score (nSPS) is 19.0. The van der Waals surface area contributed by atoms with Crippen molar-refractivity contribution in [1.29, 1.82) is 0 Å². The number of methoxy groups -OCH3 is 1. The molecule has 1 N–H and O–H groups in total. The number of benzene rings is 2. The van der Waals surface area contributed by atoms with E-state index in [0.29, 0.717) is 11.8 Å². The molecule has 4 heteroatoms. The Morgan fingerprint density at radius 3 is 2.65 bits per heavy atom. The summed E-state index contributed by atoms with van der Waals surface area (Å²) in [7, 11) is 1.63. The quantitative estimate of drug-likeness (QED) is 0.858. The fourth-order valence-corrected chi connectivity index (χ4v) is 3.75. The van der Waals surface area contributed by atoms with E-state index in [-0.39, 0.29) is 11.9 Å². The molecular formula is C22H28N2O2. The maximum absolute atomic E-state index is 13.3. The number of ether oxygens (including phenoxy) is 1. The Kier molecular flexibility index (Phi) is 5.94. The van der Waals surface area contributed by atoms with Crippen molar-refractivity contribution in [2.75, 3.05) is 19.0 Å². The topological polar surface area (TPSA) is 41.6 Å². The molecule has 1 aliphatic rings. The van der Waals surface area contributed by atoms with Gasteiger partial charge in [-0.15, -0.1) is 0 Å². The molecule has 1 amide bonds. The maximum Gasteiger partial charge on any atom is 0.246 e. The van der Waals surface area contributed by atoms with Crippen molar-refractivity contribution in [3.63, 3.8) is 0 Å². The van der Waals surface area contributed by atoms with Crippen LogP contribution in [0.3, 0.4) is 0 Å². The van der Waals surface area contributed by atoms with E-state index in [1.54, 1.807) is 7.11 Å². The van der Waals surface area contributed by atoms with E-state index in [1.807, 2.05) is 55.5 Å². The van der Waals surface area contributed by atoms with Gasteiger partial charge < -0.3 is 10.1 Å². The second kappa shape index (κ2) is 8.37. The maximum atomic E-state index is 13.3. The molecule has 3 rings (SSSR count). The Bertz CT molecular complexity index is 745. The van der Waals surface area contributed by atoms with Gasteiger partial charge in [0.25, 0.3) is 0 Å². The van der Waals surface area contributed by atoms with Crippen molar-refractivity contribution in [2.45, 2.75) is 45.2 Å². The molecule has 0 radical (unpaired) electrons. The van der Waals surface area contributed by atoms with Crippen LogP contribution in [-0.2, 0) is 4.79 Å². The number of carbonyl (C=O) groups excluding carboxylic acids is 1. The molecule has 1 heterocycles. The molecule has 138 valence electrons. The molecule has 0 aliphatic carbocycles. The summed E-state index contributed by atoms with van der Waals surface area (Å²) in [4.78, 5) is 15.7. The SMILES string of the molecule is COc1ccc(C)cc1NC(=O)C(c1ccccc1)N1CCCCC1C. The summed E-state index contributed by atoms with van der Waals surface area (Å²) in [5.74, 6) is 0.677. The molecule has 0 saturated carbocycles. The van der Waals surface area contributed by atoms with E-state index in [0.717, 1.165) is 36.2 Å². The van der Waals surface area contributed by atoms with E-state index < -0.39 is 0 Å². The highest BCUT2D eigenvalue weighted by atomic mass is 16.5. The van der Waals surface area contributed by atoms with Crippen LogP contribution in [0.5, 0.6) is 5.75 Å². The van der Waals surface area contributed by atoms with Crippen LogP contribution in [0.1, 0.15) is 43.4 Å². The summed E-state index contributed by atoms with van der Waals surface area (Å²) in [5, 5.41) is 3.11. The highest BCUT2D eigenvalue weighted by Gasteiger charge is 2.32. The minimum atomic E-state index is -0.295. The number of amides is 1. The Labute approximate surface area is 156 Å². The molecule has 1 fully saturated rings. The van der Waals surface area contributed by atoms with E-state index in [2.05, 4.69) is 17.1 Å². The van der Waals surface area contributed by atoms with Crippen molar-refractivity contribution < 1.29 is 9.53 Å². The van der Waals surface area contributed by atoms with Gasteiger partial charge in [0.1, 0.15) is 11.8 Å². The van der Waals surface area contributed by atoms with Crippen LogP contribution in [0.4, 0.5) is 5.69 Å². The third-order valence-corrected chi connectivity index (χ3v) is 5.16. The van der Waals surface area contributed by atoms with Crippen LogP contribution < -0.4 is 10.1 Å². The molecule has 0 bridgehead atoms. The average molecular weight is 352 g/mol. The fraction of sp³-hybridized carbons (Fsp3) is 0.409. The van der Waals surface area contributed by atoms with Gasteiger partial charge in [-0.1, -0.05) is 42.8 Å². The largest absolute Gasteiger partial charge is 0.495 e. The molecule has 2 atom stereocenters. The number of likely N-dealkylation sites (tertiary alicyclic amines) is 1. The van der Waals surface area contributed by atoms with Gasteiger partial charge in [0.2, 0.25) is 5.91 Å². The summed E-state index contributed by atoms with van der Waals surface area (Å²) < 4.78 is 5.42. The third-order valence-electron chi connectivity index (χ3n) is 5.16. The van der Waals surface area contributed by atoms with Crippen LogP contribution in [-0.4, -0.2) is 30.5 Å². The summed E-state index contributed by atoms with van der Waals surface area (Å²) in [6.07, 6.45) is 3.49. The van der Waals surface area contributed by atoms with Crippen LogP contribution in [0, 0.1) is 6.92 Å². The first kappa shape index (κ1) is 18.5. The molecular weight excluding hydrogens is 324 g/mol. The predicted octanol–water partition coefficient (Wildman–Crippen LogP) is 4.56. The number of nitrogens with zero attached hydrogens (tertiary/aromatic N) is 1. The number of piperidine rings is 1. The molecule has 2 aromatic rings. The zero-order valence-electron chi connectivity index (χ0n) is 15.9. The highest BCUT2D eigenvalue weighted by Crippen LogP contribution is 2.32.